The van der Waals surface area contributed by atoms with E-state index < -0.39 is 0 Å². The van der Waals surface area contributed by atoms with Gasteiger partial charge in [-0.05, 0) is 6.92 Å². The van der Waals surface area contributed by atoms with Gasteiger partial charge < -0.3 is 9.84 Å². The van der Waals surface area contributed by atoms with Gasteiger partial charge in [0.25, 0.3) is 0 Å². The number of nitrogens with one attached hydrogen (secondary N) is 2. The highest BCUT2D eigenvalue weighted by Gasteiger charge is 2.09. The molecule has 0 spiro atoms. The van der Waals surface area contributed by atoms with Gasteiger partial charge in [-0.1, -0.05) is 46.8 Å². The van der Waals surface area contributed by atoms with E-state index in [0.717, 1.165) is 10.6 Å². The molecular weight excluding hydrogens is 302 g/mol. The SMILES string of the molecule is Cc1nnc(NC(=O)NCc2cc(-c3ccccc3)on2)s1. The van der Waals surface area contributed by atoms with Crippen LogP contribution in [-0.2, 0) is 6.54 Å². The zero-order chi connectivity index (χ0) is 15.4. The van der Waals surface area contributed by atoms with Crippen molar-refractivity contribution >= 4 is 22.5 Å². The first-order valence-corrected chi connectivity index (χ1v) is 7.38. The monoisotopic (exact) mass is 315 g/mol. The zero-order valence-corrected chi connectivity index (χ0v) is 12.6. The molecule has 8 heteroatoms. The number of benzene rings is 1. The van der Waals surface area contributed by atoms with Crippen LogP contribution in [0.1, 0.15) is 10.7 Å². The van der Waals surface area contributed by atoms with E-state index in [1.54, 1.807) is 6.07 Å². The summed E-state index contributed by atoms with van der Waals surface area (Å²) in [6, 6.07) is 11.1. The molecule has 0 aliphatic heterocycles. The van der Waals surface area contributed by atoms with E-state index in [1.165, 1.54) is 11.3 Å². The van der Waals surface area contributed by atoms with Crippen LogP contribution in [0.5, 0.6) is 0 Å². The molecule has 0 saturated heterocycles. The quantitative estimate of drug-likeness (QED) is 0.772. The van der Waals surface area contributed by atoms with Crippen LogP contribution < -0.4 is 10.6 Å². The van der Waals surface area contributed by atoms with Crippen LogP contribution in [0.2, 0.25) is 0 Å². The van der Waals surface area contributed by atoms with Crippen LogP contribution >= 0.6 is 11.3 Å². The Kier molecular flexibility index (Phi) is 4.10. The van der Waals surface area contributed by atoms with Crippen molar-refractivity contribution in [1.82, 2.24) is 20.7 Å². The predicted octanol–water partition coefficient (Wildman–Crippen LogP) is 2.82. The van der Waals surface area contributed by atoms with E-state index in [1.807, 2.05) is 37.3 Å². The molecule has 0 bridgehead atoms. The highest BCUT2D eigenvalue weighted by atomic mass is 32.1. The highest BCUT2D eigenvalue weighted by Crippen LogP contribution is 2.19. The molecular formula is C14H13N5O2S. The lowest BCUT2D eigenvalue weighted by atomic mass is 10.2. The number of aryl methyl sites for hydroxylation is 1. The third-order valence-corrected chi connectivity index (χ3v) is 3.55. The largest absolute Gasteiger partial charge is 0.356 e. The number of carbonyl (C=O) groups excluding carboxylic acids is 1. The van der Waals surface area contributed by atoms with Gasteiger partial charge in [0.1, 0.15) is 10.7 Å². The molecule has 0 radical (unpaired) electrons. The summed E-state index contributed by atoms with van der Waals surface area (Å²) in [7, 11) is 0. The number of rotatable bonds is 4. The summed E-state index contributed by atoms with van der Waals surface area (Å²) in [6.45, 7) is 2.08. The lowest BCUT2D eigenvalue weighted by Crippen LogP contribution is -2.28. The van der Waals surface area contributed by atoms with E-state index in [9.17, 15) is 4.79 Å². The first-order valence-electron chi connectivity index (χ1n) is 6.57. The minimum atomic E-state index is -0.361. The number of amides is 2. The van der Waals surface area contributed by atoms with Gasteiger partial charge in [-0.2, -0.15) is 0 Å². The average molecular weight is 315 g/mol. The van der Waals surface area contributed by atoms with Crippen LogP contribution in [-0.4, -0.2) is 21.4 Å². The van der Waals surface area contributed by atoms with Gasteiger partial charge in [-0.15, -0.1) is 10.2 Å². The molecule has 2 heterocycles. The molecule has 0 atom stereocenters. The number of nitrogens with zero attached hydrogens (tertiary/aromatic N) is 3. The van der Waals surface area contributed by atoms with Gasteiger partial charge in [-0.25, -0.2) is 4.79 Å². The highest BCUT2D eigenvalue weighted by molar-refractivity contribution is 7.15. The smallest absolute Gasteiger partial charge is 0.321 e. The Morgan fingerprint density at radius 2 is 2.09 bits per heavy atom. The first kappa shape index (κ1) is 14.2. The maximum Gasteiger partial charge on any atom is 0.321 e. The van der Waals surface area contributed by atoms with Crippen LogP contribution in [0, 0.1) is 6.92 Å². The maximum atomic E-state index is 11.7. The van der Waals surface area contributed by atoms with E-state index in [0.29, 0.717) is 16.6 Å². The van der Waals surface area contributed by atoms with Crippen LogP contribution in [0.15, 0.2) is 40.9 Å². The molecule has 0 aliphatic carbocycles. The molecule has 2 N–H and O–H groups in total. The molecule has 1 aromatic carbocycles. The van der Waals surface area contributed by atoms with Crippen molar-refractivity contribution in [2.45, 2.75) is 13.5 Å². The number of anilines is 1. The number of aromatic nitrogens is 3. The van der Waals surface area contributed by atoms with Crippen molar-refractivity contribution in [2.75, 3.05) is 5.32 Å². The summed E-state index contributed by atoms with van der Waals surface area (Å²) >= 11 is 1.31. The summed E-state index contributed by atoms with van der Waals surface area (Å²) in [5.74, 6) is 0.664. The van der Waals surface area contributed by atoms with E-state index in [-0.39, 0.29) is 12.6 Å². The Labute approximate surface area is 130 Å². The minimum Gasteiger partial charge on any atom is -0.356 e. The van der Waals surface area contributed by atoms with E-state index in [4.69, 9.17) is 4.52 Å². The molecule has 3 rings (SSSR count). The third-order valence-electron chi connectivity index (χ3n) is 2.79. The molecule has 0 fully saturated rings. The molecule has 112 valence electrons. The third kappa shape index (κ3) is 3.47. The molecule has 2 aromatic heterocycles. The van der Waals surface area contributed by atoms with Gasteiger partial charge in [0.15, 0.2) is 5.76 Å². The summed E-state index contributed by atoms with van der Waals surface area (Å²) in [6.07, 6.45) is 0. The average Bonchev–Trinajstić information content (AvgIpc) is 3.15. The fourth-order valence-corrected chi connectivity index (χ4v) is 2.38. The molecule has 2 amide bonds. The summed E-state index contributed by atoms with van der Waals surface area (Å²) < 4.78 is 5.26. The number of hydrogen-bond donors (Lipinski definition) is 2. The van der Waals surface area contributed by atoms with Gasteiger partial charge in [0.05, 0.1) is 6.54 Å². The molecule has 0 aliphatic rings. The lowest BCUT2D eigenvalue weighted by molar-refractivity contribution is 0.251. The summed E-state index contributed by atoms with van der Waals surface area (Å²) in [5, 5.41) is 18.1. The Hall–Kier alpha value is -2.74. The van der Waals surface area contributed by atoms with E-state index >= 15 is 0 Å². The fourth-order valence-electron chi connectivity index (χ4n) is 1.79. The Morgan fingerprint density at radius 1 is 1.27 bits per heavy atom. The summed E-state index contributed by atoms with van der Waals surface area (Å²) in [4.78, 5) is 11.7. The van der Waals surface area contributed by atoms with Gasteiger partial charge in [0, 0.05) is 11.6 Å². The van der Waals surface area contributed by atoms with Crippen molar-refractivity contribution in [3.8, 4) is 11.3 Å². The Morgan fingerprint density at radius 3 is 2.82 bits per heavy atom. The van der Waals surface area contributed by atoms with Crippen molar-refractivity contribution in [1.29, 1.82) is 0 Å². The Bertz CT molecular complexity index is 768. The van der Waals surface area contributed by atoms with Crippen molar-refractivity contribution in [3.63, 3.8) is 0 Å². The predicted molar refractivity (Wildman–Crippen MR) is 82.4 cm³/mol. The van der Waals surface area contributed by atoms with Gasteiger partial charge in [0.2, 0.25) is 5.13 Å². The van der Waals surface area contributed by atoms with Gasteiger partial charge in [-0.3, -0.25) is 5.32 Å². The van der Waals surface area contributed by atoms with Crippen molar-refractivity contribution < 1.29 is 9.32 Å². The zero-order valence-electron chi connectivity index (χ0n) is 11.7. The first-order chi connectivity index (χ1) is 10.7. The molecule has 0 saturated carbocycles. The Balaban J connectivity index is 1.56. The normalized spacial score (nSPS) is 10.4. The number of carbonyl (C=O) groups is 1. The summed E-state index contributed by atoms with van der Waals surface area (Å²) in [5.41, 5.74) is 1.58. The molecule has 22 heavy (non-hydrogen) atoms. The maximum absolute atomic E-state index is 11.7. The standard InChI is InChI=1S/C14H13N5O2S/c1-9-17-18-14(22-9)16-13(20)15-8-11-7-12(21-19-11)10-5-3-2-4-6-10/h2-7H,8H2,1H3,(H2,15,16,18,20). The second kappa shape index (κ2) is 6.35. The van der Waals surface area contributed by atoms with Gasteiger partial charge >= 0.3 is 6.03 Å². The number of urea groups is 1. The minimum absolute atomic E-state index is 0.264. The molecule has 0 unspecified atom stereocenters. The molecule has 3 aromatic rings. The van der Waals surface area contributed by atoms with Crippen molar-refractivity contribution in [2.24, 2.45) is 0 Å². The number of hydrogen-bond acceptors (Lipinski definition) is 6. The second-order valence-electron chi connectivity index (χ2n) is 4.48. The van der Waals surface area contributed by atoms with Crippen molar-refractivity contribution in [3.05, 3.63) is 47.1 Å². The van der Waals surface area contributed by atoms with Crippen LogP contribution in [0.4, 0.5) is 9.93 Å². The second-order valence-corrected chi connectivity index (χ2v) is 5.66. The fraction of sp³-hybridized carbons (Fsp3) is 0.143. The van der Waals surface area contributed by atoms with Crippen LogP contribution in [0.3, 0.4) is 0 Å². The lowest BCUT2D eigenvalue weighted by Gasteiger charge is -2.01. The molecule has 7 nitrogen and oxygen atoms in total. The van der Waals surface area contributed by atoms with Crippen LogP contribution in [0.25, 0.3) is 11.3 Å². The van der Waals surface area contributed by atoms with E-state index in [2.05, 4.69) is 26.0 Å². The topological polar surface area (TPSA) is 92.9 Å².